The lowest BCUT2D eigenvalue weighted by molar-refractivity contribution is -0.0882. The second-order valence-corrected chi connectivity index (χ2v) is 2.24. The standard InChI is InChI=1S/C8H10F3N.C2H6/c1-3-4-7(5-6(2)12)8(9,10)11;1-2/h3-5H,1,12H2,2H3;1-2H3/b6-5+,7-4+;. The molecule has 0 fully saturated rings. The first-order valence-electron chi connectivity index (χ1n) is 4.21. The van der Waals surface area contributed by atoms with Gasteiger partial charge in [-0.2, -0.15) is 13.2 Å². The number of alkyl halides is 3. The van der Waals surface area contributed by atoms with Gasteiger partial charge in [-0.05, 0) is 13.0 Å². The van der Waals surface area contributed by atoms with Crippen LogP contribution in [0.4, 0.5) is 13.2 Å². The Bertz CT molecular complexity index is 220. The highest BCUT2D eigenvalue weighted by molar-refractivity contribution is 5.29. The summed E-state index contributed by atoms with van der Waals surface area (Å²) in [6.07, 6.45) is -1.56. The van der Waals surface area contributed by atoms with E-state index in [0.29, 0.717) is 0 Å². The molecule has 0 bridgehead atoms. The highest BCUT2D eigenvalue weighted by Crippen LogP contribution is 2.26. The summed E-state index contributed by atoms with van der Waals surface area (Å²) in [5, 5.41) is 0. The zero-order valence-corrected chi connectivity index (χ0v) is 8.65. The molecule has 0 spiro atoms. The Kier molecular flexibility index (Phi) is 7.90. The summed E-state index contributed by atoms with van der Waals surface area (Å²) in [6.45, 7) is 8.57. The van der Waals surface area contributed by atoms with Gasteiger partial charge in [-0.15, -0.1) is 0 Å². The van der Waals surface area contributed by atoms with Gasteiger partial charge in [0.05, 0.1) is 5.57 Å². The van der Waals surface area contributed by atoms with E-state index in [4.69, 9.17) is 5.73 Å². The second-order valence-electron chi connectivity index (χ2n) is 2.24. The predicted molar refractivity (Wildman–Crippen MR) is 53.6 cm³/mol. The topological polar surface area (TPSA) is 26.0 Å². The lowest BCUT2D eigenvalue weighted by atomic mass is 10.2. The van der Waals surface area contributed by atoms with Crippen LogP contribution in [0.15, 0.2) is 36.1 Å². The summed E-state index contributed by atoms with van der Waals surface area (Å²) in [4.78, 5) is 0. The van der Waals surface area contributed by atoms with E-state index in [1.165, 1.54) is 6.92 Å². The van der Waals surface area contributed by atoms with Crippen molar-refractivity contribution in [1.82, 2.24) is 0 Å². The van der Waals surface area contributed by atoms with Crippen molar-refractivity contribution in [1.29, 1.82) is 0 Å². The second kappa shape index (κ2) is 7.24. The first kappa shape index (κ1) is 15.3. The lowest BCUT2D eigenvalue weighted by Gasteiger charge is -2.06. The van der Waals surface area contributed by atoms with Gasteiger partial charge in [-0.1, -0.05) is 32.6 Å². The highest BCUT2D eigenvalue weighted by Gasteiger charge is 2.31. The number of rotatable bonds is 2. The van der Waals surface area contributed by atoms with Crippen LogP contribution in [0.25, 0.3) is 0 Å². The first-order valence-corrected chi connectivity index (χ1v) is 4.21. The number of hydrogen-bond donors (Lipinski definition) is 1. The Morgan fingerprint density at radius 1 is 1.29 bits per heavy atom. The molecule has 0 rings (SSSR count). The van der Waals surface area contributed by atoms with E-state index in [1.54, 1.807) is 0 Å². The van der Waals surface area contributed by atoms with Gasteiger partial charge in [0, 0.05) is 5.70 Å². The fraction of sp³-hybridized carbons (Fsp3) is 0.400. The monoisotopic (exact) mass is 207 g/mol. The minimum Gasteiger partial charge on any atom is -0.402 e. The quantitative estimate of drug-likeness (QED) is 0.688. The summed E-state index contributed by atoms with van der Waals surface area (Å²) in [6, 6.07) is 0. The molecule has 2 N–H and O–H groups in total. The van der Waals surface area contributed by atoms with Crippen LogP contribution in [-0.4, -0.2) is 6.18 Å². The summed E-state index contributed by atoms with van der Waals surface area (Å²) in [5.74, 6) is 0. The zero-order valence-electron chi connectivity index (χ0n) is 8.65. The molecule has 0 aromatic rings. The van der Waals surface area contributed by atoms with Gasteiger partial charge in [0.2, 0.25) is 0 Å². The normalized spacial score (nSPS) is 13.0. The van der Waals surface area contributed by atoms with E-state index in [-0.39, 0.29) is 5.70 Å². The molecule has 0 aliphatic carbocycles. The van der Waals surface area contributed by atoms with Crippen LogP contribution < -0.4 is 5.73 Å². The minimum absolute atomic E-state index is 0.112. The summed E-state index contributed by atoms with van der Waals surface area (Å²) in [5.41, 5.74) is 4.42. The summed E-state index contributed by atoms with van der Waals surface area (Å²) >= 11 is 0. The van der Waals surface area contributed by atoms with Gasteiger partial charge in [-0.25, -0.2) is 0 Å². The van der Waals surface area contributed by atoms with Crippen molar-refractivity contribution in [3.05, 3.63) is 36.1 Å². The Morgan fingerprint density at radius 2 is 1.71 bits per heavy atom. The molecule has 0 aromatic carbocycles. The van der Waals surface area contributed by atoms with Crippen LogP contribution in [-0.2, 0) is 0 Å². The molecule has 0 saturated heterocycles. The number of nitrogens with two attached hydrogens (primary N) is 1. The molecule has 4 heteroatoms. The van der Waals surface area contributed by atoms with Crippen LogP contribution in [0.5, 0.6) is 0 Å². The van der Waals surface area contributed by atoms with Crippen molar-refractivity contribution in [2.24, 2.45) is 5.73 Å². The average Bonchev–Trinajstić information content (AvgIpc) is 2.05. The maximum atomic E-state index is 12.1. The van der Waals surface area contributed by atoms with Gasteiger partial charge in [-0.3, -0.25) is 0 Å². The zero-order chi connectivity index (χ0) is 11.8. The smallest absolute Gasteiger partial charge is 0.402 e. The van der Waals surface area contributed by atoms with E-state index in [2.05, 4.69) is 6.58 Å². The fourth-order valence-electron chi connectivity index (χ4n) is 0.597. The van der Waals surface area contributed by atoms with Crippen molar-refractivity contribution in [2.75, 3.05) is 0 Å². The number of halogens is 3. The Balaban J connectivity index is 0. The molecule has 0 saturated carbocycles. The van der Waals surface area contributed by atoms with Gasteiger partial charge < -0.3 is 5.73 Å². The SMILES string of the molecule is C=C/C=C(\C=C(/C)N)C(F)(F)F.CC. The summed E-state index contributed by atoms with van der Waals surface area (Å²) < 4.78 is 36.2. The van der Waals surface area contributed by atoms with Crippen LogP contribution in [0.2, 0.25) is 0 Å². The first-order chi connectivity index (χ1) is 6.38. The van der Waals surface area contributed by atoms with Crippen molar-refractivity contribution in [3.63, 3.8) is 0 Å². The van der Waals surface area contributed by atoms with Gasteiger partial charge in [0.1, 0.15) is 0 Å². The van der Waals surface area contributed by atoms with Crippen LogP contribution >= 0.6 is 0 Å². The van der Waals surface area contributed by atoms with E-state index >= 15 is 0 Å². The third-order valence-electron chi connectivity index (χ3n) is 1.01. The maximum Gasteiger partial charge on any atom is 0.416 e. The average molecular weight is 207 g/mol. The Hall–Kier alpha value is -1.19. The largest absolute Gasteiger partial charge is 0.416 e. The number of allylic oxidation sites excluding steroid dienone is 5. The third-order valence-corrected chi connectivity index (χ3v) is 1.01. The molecular weight excluding hydrogens is 191 g/mol. The minimum atomic E-state index is -4.37. The fourth-order valence-corrected chi connectivity index (χ4v) is 0.597. The molecule has 14 heavy (non-hydrogen) atoms. The Labute approximate surface area is 82.8 Å². The molecule has 1 nitrogen and oxygen atoms in total. The maximum absolute atomic E-state index is 12.1. The van der Waals surface area contributed by atoms with Crippen molar-refractivity contribution in [3.8, 4) is 0 Å². The Morgan fingerprint density at radius 3 is 1.93 bits per heavy atom. The highest BCUT2D eigenvalue weighted by atomic mass is 19.4. The van der Waals surface area contributed by atoms with Gasteiger partial charge in [0.15, 0.2) is 0 Å². The van der Waals surface area contributed by atoms with E-state index in [0.717, 1.165) is 18.2 Å². The molecular formula is C10H16F3N. The van der Waals surface area contributed by atoms with Gasteiger partial charge >= 0.3 is 6.18 Å². The van der Waals surface area contributed by atoms with E-state index < -0.39 is 11.7 Å². The molecule has 0 unspecified atom stereocenters. The van der Waals surface area contributed by atoms with Crippen LogP contribution in [0.3, 0.4) is 0 Å². The van der Waals surface area contributed by atoms with Gasteiger partial charge in [0.25, 0.3) is 0 Å². The third kappa shape index (κ3) is 7.46. The molecule has 0 aliphatic heterocycles. The van der Waals surface area contributed by atoms with Crippen LogP contribution in [0.1, 0.15) is 20.8 Å². The van der Waals surface area contributed by atoms with E-state index in [1.807, 2.05) is 13.8 Å². The molecule has 0 atom stereocenters. The number of hydrogen-bond acceptors (Lipinski definition) is 1. The molecule has 0 aromatic heterocycles. The molecule has 0 heterocycles. The van der Waals surface area contributed by atoms with Crippen molar-refractivity contribution in [2.45, 2.75) is 26.9 Å². The van der Waals surface area contributed by atoms with E-state index in [9.17, 15) is 13.2 Å². The van der Waals surface area contributed by atoms with Crippen LogP contribution in [0, 0.1) is 0 Å². The predicted octanol–water partition coefficient (Wildman–Crippen LogP) is 3.55. The van der Waals surface area contributed by atoms with Crippen molar-refractivity contribution < 1.29 is 13.2 Å². The molecule has 82 valence electrons. The molecule has 0 aliphatic rings. The van der Waals surface area contributed by atoms with Crippen molar-refractivity contribution >= 4 is 0 Å². The molecule has 0 amide bonds. The summed E-state index contributed by atoms with van der Waals surface area (Å²) in [7, 11) is 0. The molecule has 0 radical (unpaired) electrons. The lowest BCUT2D eigenvalue weighted by Crippen LogP contribution is -2.11.